The van der Waals surface area contributed by atoms with Crippen LogP contribution in [0.15, 0.2) is 53.7 Å². The molecule has 0 aliphatic heterocycles. The fourth-order valence-corrected chi connectivity index (χ4v) is 3.65. The number of pyridine rings is 1. The van der Waals surface area contributed by atoms with Gasteiger partial charge in [-0.3, -0.25) is 9.79 Å². The van der Waals surface area contributed by atoms with Gasteiger partial charge in [0.15, 0.2) is 6.29 Å². The zero-order valence-corrected chi connectivity index (χ0v) is 16.9. The van der Waals surface area contributed by atoms with Crippen molar-refractivity contribution in [3.05, 3.63) is 53.6 Å². The second-order valence-corrected chi connectivity index (χ2v) is 7.07. The van der Waals surface area contributed by atoms with E-state index >= 15 is 0 Å². The molecule has 0 bridgehead atoms. The third kappa shape index (κ3) is 5.37. The van der Waals surface area contributed by atoms with E-state index in [1.165, 1.54) is 16.9 Å². The highest BCUT2D eigenvalue weighted by molar-refractivity contribution is 7.21. The third-order valence-corrected chi connectivity index (χ3v) is 4.96. The SMILES string of the molecule is C=CCN(C)c1ccnc2sc(C=O)c(NC=NC/C=C\C(C)=C/CC)c12. The molecule has 0 atom stereocenters. The number of rotatable bonds is 10. The van der Waals surface area contributed by atoms with Crippen LogP contribution in [0.2, 0.25) is 0 Å². The smallest absolute Gasteiger partial charge is 0.162 e. The van der Waals surface area contributed by atoms with Crippen molar-refractivity contribution in [1.82, 2.24) is 4.98 Å². The Balaban J connectivity index is 2.23. The first kappa shape index (κ1) is 20.6. The zero-order valence-electron chi connectivity index (χ0n) is 16.1. The van der Waals surface area contributed by atoms with E-state index in [0.717, 1.165) is 34.3 Å². The molecular weight excluding hydrogens is 356 g/mol. The van der Waals surface area contributed by atoms with Crippen LogP contribution in [0.5, 0.6) is 0 Å². The fourth-order valence-electron chi connectivity index (χ4n) is 2.71. The highest BCUT2D eigenvalue weighted by Gasteiger charge is 2.17. The average molecular weight is 383 g/mol. The first-order chi connectivity index (χ1) is 13.1. The molecule has 2 aromatic heterocycles. The second kappa shape index (κ2) is 10.4. The molecule has 2 aromatic rings. The summed E-state index contributed by atoms with van der Waals surface area (Å²) in [5.41, 5.74) is 2.98. The van der Waals surface area contributed by atoms with E-state index in [-0.39, 0.29) is 0 Å². The van der Waals surface area contributed by atoms with Crippen molar-refractivity contribution >= 4 is 45.6 Å². The predicted octanol–water partition coefficient (Wildman–Crippen LogP) is 5.08. The number of aldehydes is 1. The molecule has 0 fully saturated rings. The molecule has 0 aliphatic rings. The number of hydrogen-bond acceptors (Lipinski definition) is 5. The van der Waals surface area contributed by atoms with Crippen molar-refractivity contribution in [2.24, 2.45) is 4.99 Å². The van der Waals surface area contributed by atoms with E-state index in [1.54, 1.807) is 12.5 Å². The van der Waals surface area contributed by atoms with Crippen LogP contribution < -0.4 is 10.2 Å². The summed E-state index contributed by atoms with van der Waals surface area (Å²) in [6, 6.07) is 1.95. The number of hydrogen-bond donors (Lipinski definition) is 1. The van der Waals surface area contributed by atoms with Gasteiger partial charge in [0.25, 0.3) is 0 Å². The lowest BCUT2D eigenvalue weighted by molar-refractivity contribution is 0.112. The Hall–Kier alpha value is -2.73. The lowest BCUT2D eigenvalue weighted by Crippen LogP contribution is -2.17. The molecule has 0 radical (unpaired) electrons. The summed E-state index contributed by atoms with van der Waals surface area (Å²) < 4.78 is 0. The maximum Gasteiger partial charge on any atom is 0.162 e. The molecule has 0 unspecified atom stereocenters. The van der Waals surface area contributed by atoms with Gasteiger partial charge >= 0.3 is 0 Å². The lowest BCUT2D eigenvalue weighted by atomic mass is 10.2. The van der Waals surface area contributed by atoms with Crippen molar-refractivity contribution in [3.8, 4) is 0 Å². The molecule has 27 heavy (non-hydrogen) atoms. The highest BCUT2D eigenvalue weighted by atomic mass is 32.1. The van der Waals surface area contributed by atoms with Gasteiger partial charge in [-0.1, -0.05) is 36.8 Å². The number of allylic oxidation sites excluding steroid dienone is 3. The Morgan fingerprint density at radius 3 is 3.00 bits per heavy atom. The van der Waals surface area contributed by atoms with Gasteiger partial charge in [-0.25, -0.2) is 4.98 Å². The third-order valence-electron chi connectivity index (χ3n) is 3.94. The first-order valence-electron chi connectivity index (χ1n) is 8.89. The summed E-state index contributed by atoms with van der Waals surface area (Å²) in [5.74, 6) is 0. The van der Waals surface area contributed by atoms with E-state index in [1.807, 2.05) is 25.3 Å². The van der Waals surface area contributed by atoms with Crippen molar-refractivity contribution < 1.29 is 4.79 Å². The maximum atomic E-state index is 11.5. The number of nitrogens with zero attached hydrogens (tertiary/aromatic N) is 3. The minimum atomic E-state index is 0.571. The molecule has 5 nitrogen and oxygen atoms in total. The van der Waals surface area contributed by atoms with Crippen LogP contribution in [0.25, 0.3) is 10.2 Å². The van der Waals surface area contributed by atoms with Crippen LogP contribution in [-0.2, 0) is 0 Å². The Morgan fingerprint density at radius 2 is 2.30 bits per heavy atom. The molecule has 1 N–H and O–H groups in total. The molecule has 0 amide bonds. The number of carbonyl (C=O) groups excluding carboxylic acids is 1. The van der Waals surface area contributed by atoms with Gasteiger partial charge in [-0.15, -0.1) is 17.9 Å². The van der Waals surface area contributed by atoms with Gasteiger partial charge in [-0.05, 0) is 19.4 Å². The Labute approximate surface area is 164 Å². The first-order valence-corrected chi connectivity index (χ1v) is 9.70. The lowest BCUT2D eigenvalue weighted by Gasteiger charge is -2.18. The normalized spacial score (nSPS) is 12.2. The average Bonchev–Trinajstić information content (AvgIpc) is 3.02. The second-order valence-electron chi connectivity index (χ2n) is 6.04. The van der Waals surface area contributed by atoms with Crippen LogP contribution in [0.4, 0.5) is 11.4 Å². The van der Waals surface area contributed by atoms with Crippen molar-refractivity contribution in [2.45, 2.75) is 20.3 Å². The summed E-state index contributed by atoms with van der Waals surface area (Å²) in [5, 5.41) is 4.11. The molecule has 0 aromatic carbocycles. The number of thiophene rings is 1. The van der Waals surface area contributed by atoms with Crippen molar-refractivity contribution in [1.29, 1.82) is 0 Å². The predicted molar refractivity (Wildman–Crippen MR) is 119 cm³/mol. The number of likely N-dealkylation sites (N-methyl/N-ethyl adjacent to an activating group) is 1. The van der Waals surface area contributed by atoms with Gasteiger partial charge in [-0.2, -0.15) is 0 Å². The molecule has 0 spiro atoms. The monoisotopic (exact) mass is 382 g/mol. The van der Waals surface area contributed by atoms with Gasteiger partial charge < -0.3 is 10.2 Å². The Bertz CT molecular complexity index is 880. The number of nitrogens with one attached hydrogen (secondary N) is 1. The largest absolute Gasteiger partial charge is 0.370 e. The Morgan fingerprint density at radius 1 is 1.48 bits per heavy atom. The van der Waals surface area contributed by atoms with Crippen LogP contribution >= 0.6 is 11.3 Å². The van der Waals surface area contributed by atoms with Crippen LogP contribution in [0.3, 0.4) is 0 Å². The molecule has 0 saturated heterocycles. The minimum absolute atomic E-state index is 0.571. The van der Waals surface area contributed by atoms with Crippen LogP contribution in [0.1, 0.15) is 29.9 Å². The standard InChI is InChI=1S/C21H26N4OS/c1-5-8-16(3)9-7-11-22-15-24-20-18(14-26)27-21-19(20)17(10-12-23-21)25(4)13-6-2/h6-10,12,14-15H,2,5,11,13H2,1,3-4H3,(H,22,24)/b9-7-,16-8-. The molecule has 2 rings (SSSR count). The quantitative estimate of drug-likeness (QED) is 0.205. The van der Waals surface area contributed by atoms with E-state index in [2.05, 4.69) is 52.8 Å². The van der Waals surface area contributed by atoms with Crippen molar-refractivity contribution in [2.75, 3.05) is 30.4 Å². The van der Waals surface area contributed by atoms with E-state index < -0.39 is 0 Å². The van der Waals surface area contributed by atoms with Gasteiger partial charge in [0.1, 0.15) is 4.83 Å². The van der Waals surface area contributed by atoms with Gasteiger partial charge in [0.05, 0.1) is 34.5 Å². The number of anilines is 2. The molecule has 6 heteroatoms. The summed E-state index contributed by atoms with van der Waals surface area (Å²) >= 11 is 1.37. The fraction of sp³-hybridized carbons (Fsp3) is 0.286. The molecule has 2 heterocycles. The molecule has 0 saturated carbocycles. The van der Waals surface area contributed by atoms with E-state index in [0.29, 0.717) is 18.0 Å². The molecule has 142 valence electrons. The zero-order chi connectivity index (χ0) is 19.6. The Kier molecular flexibility index (Phi) is 7.95. The number of carbonyl (C=O) groups is 1. The number of aromatic nitrogens is 1. The number of aliphatic imine (C=N–C) groups is 1. The summed E-state index contributed by atoms with van der Waals surface area (Å²) in [7, 11) is 1.99. The number of fused-ring (bicyclic) bond motifs is 1. The topological polar surface area (TPSA) is 57.6 Å². The molecular formula is C21H26N4OS. The van der Waals surface area contributed by atoms with Crippen LogP contribution in [-0.4, -0.2) is 37.7 Å². The van der Waals surface area contributed by atoms with E-state index in [9.17, 15) is 4.79 Å². The highest BCUT2D eigenvalue weighted by Crippen LogP contribution is 2.39. The van der Waals surface area contributed by atoms with Gasteiger partial charge in [0, 0.05) is 19.8 Å². The molecule has 0 aliphatic carbocycles. The minimum Gasteiger partial charge on any atom is -0.370 e. The van der Waals surface area contributed by atoms with Gasteiger partial charge in [0.2, 0.25) is 0 Å². The summed E-state index contributed by atoms with van der Waals surface area (Å²) in [4.78, 5) is 23.8. The van der Waals surface area contributed by atoms with E-state index in [4.69, 9.17) is 0 Å². The van der Waals surface area contributed by atoms with Crippen LogP contribution in [0, 0.1) is 0 Å². The summed E-state index contributed by atoms with van der Waals surface area (Å²) in [6.45, 7) is 9.26. The van der Waals surface area contributed by atoms with Crippen molar-refractivity contribution in [3.63, 3.8) is 0 Å². The maximum absolute atomic E-state index is 11.5. The summed E-state index contributed by atoms with van der Waals surface area (Å²) in [6.07, 6.45) is 13.4.